The number of nitrogens with one attached hydrogen (secondary N) is 1. The summed E-state index contributed by atoms with van der Waals surface area (Å²) >= 11 is 0. The maximum Gasteiger partial charge on any atom is 0.323 e. The Morgan fingerprint density at radius 3 is 2.69 bits per heavy atom. The molecule has 0 bridgehead atoms. The van der Waals surface area contributed by atoms with Crippen molar-refractivity contribution in [3.63, 3.8) is 0 Å². The van der Waals surface area contributed by atoms with Gasteiger partial charge >= 0.3 is 5.97 Å². The van der Waals surface area contributed by atoms with Crippen LogP contribution in [0.5, 0.6) is 0 Å². The molecular formula is C12H21NO3. The van der Waals surface area contributed by atoms with Crippen molar-refractivity contribution < 1.29 is 14.3 Å². The fourth-order valence-corrected chi connectivity index (χ4v) is 1.82. The molecule has 2 rings (SSSR count). The van der Waals surface area contributed by atoms with E-state index < -0.39 is 0 Å². The Morgan fingerprint density at radius 1 is 1.38 bits per heavy atom. The van der Waals surface area contributed by atoms with Crippen molar-refractivity contribution in [2.75, 3.05) is 26.9 Å². The molecule has 0 radical (unpaired) electrons. The standard InChI is InChI=1S/C12H21NO3/c1-15-12(14)11(10-4-5-10)13-6-7-16-8-9-2-3-9/h9-11,13H,2-8H2,1H3. The number of rotatable bonds is 8. The van der Waals surface area contributed by atoms with Crippen molar-refractivity contribution in [1.29, 1.82) is 0 Å². The first-order chi connectivity index (χ1) is 7.81. The third kappa shape index (κ3) is 3.76. The summed E-state index contributed by atoms with van der Waals surface area (Å²) in [4.78, 5) is 11.4. The summed E-state index contributed by atoms with van der Waals surface area (Å²) in [5.74, 6) is 1.15. The zero-order valence-corrected chi connectivity index (χ0v) is 9.91. The van der Waals surface area contributed by atoms with E-state index in [-0.39, 0.29) is 12.0 Å². The second-order valence-electron chi connectivity index (χ2n) is 4.81. The van der Waals surface area contributed by atoms with Gasteiger partial charge in [-0.1, -0.05) is 0 Å². The molecule has 0 spiro atoms. The van der Waals surface area contributed by atoms with E-state index in [9.17, 15) is 4.79 Å². The van der Waals surface area contributed by atoms with Gasteiger partial charge in [0.25, 0.3) is 0 Å². The van der Waals surface area contributed by atoms with Gasteiger partial charge in [0.2, 0.25) is 0 Å². The molecule has 1 N–H and O–H groups in total. The highest BCUT2D eigenvalue weighted by Crippen LogP contribution is 2.33. The maximum atomic E-state index is 11.4. The largest absolute Gasteiger partial charge is 0.468 e. The van der Waals surface area contributed by atoms with Gasteiger partial charge in [0.15, 0.2) is 0 Å². The summed E-state index contributed by atoms with van der Waals surface area (Å²) < 4.78 is 10.3. The molecule has 0 heterocycles. The zero-order valence-electron chi connectivity index (χ0n) is 9.91. The summed E-state index contributed by atoms with van der Waals surface area (Å²) in [6, 6.07) is -0.116. The molecule has 0 aliphatic heterocycles. The number of carbonyl (C=O) groups excluding carboxylic acids is 1. The summed E-state index contributed by atoms with van der Waals surface area (Å²) in [5.41, 5.74) is 0. The fraction of sp³-hybridized carbons (Fsp3) is 0.917. The van der Waals surface area contributed by atoms with E-state index in [1.165, 1.54) is 20.0 Å². The van der Waals surface area contributed by atoms with Crippen LogP contribution in [-0.4, -0.2) is 38.9 Å². The van der Waals surface area contributed by atoms with Crippen molar-refractivity contribution in [3.05, 3.63) is 0 Å². The van der Waals surface area contributed by atoms with E-state index >= 15 is 0 Å². The number of ether oxygens (including phenoxy) is 2. The maximum absolute atomic E-state index is 11.4. The number of hydrogen-bond acceptors (Lipinski definition) is 4. The van der Waals surface area contributed by atoms with E-state index in [1.807, 2.05) is 0 Å². The van der Waals surface area contributed by atoms with E-state index in [4.69, 9.17) is 9.47 Å². The van der Waals surface area contributed by atoms with Gasteiger partial charge in [-0.3, -0.25) is 4.79 Å². The monoisotopic (exact) mass is 227 g/mol. The van der Waals surface area contributed by atoms with Crippen LogP contribution in [0, 0.1) is 11.8 Å². The summed E-state index contributed by atoms with van der Waals surface area (Å²) in [6.07, 6.45) is 4.91. The van der Waals surface area contributed by atoms with E-state index in [0.717, 1.165) is 31.9 Å². The molecule has 0 aromatic carbocycles. The quantitative estimate of drug-likeness (QED) is 0.495. The van der Waals surface area contributed by atoms with Gasteiger partial charge in [0.1, 0.15) is 6.04 Å². The molecule has 0 aromatic heterocycles. The summed E-state index contributed by atoms with van der Waals surface area (Å²) in [6.45, 7) is 2.31. The van der Waals surface area contributed by atoms with Gasteiger partial charge in [-0.15, -0.1) is 0 Å². The first-order valence-corrected chi connectivity index (χ1v) is 6.20. The van der Waals surface area contributed by atoms with E-state index in [1.54, 1.807) is 0 Å². The van der Waals surface area contributed by atoms with Gasteiger partial charge < -0.3 is 14.8 Å². The van der Waals surface area contributed by atoms with Crippen LogP contribution < -0.4 is 5.32 Å². The topological polar surface area (TPSA) is 47.6 Å². The molecule has 0 amide bonds. The second-order valence-corrected chi connectivity index (χ2v) is 4.81. The van der Waals surface area contributed by atoms with Gasteiger partial charge in [-0.2, -0.15) is 0 Å². The van der Waals surface area contributed by atoms with Crippen LogP contribution in [0.1, 0.15) is 25.7 Å². The highest BCUT2D eigenvalue weighted by molar-refractivity contribution is 5.76. The third-order valence-electron chi connectivity index (χ3n) is 3.21. The first kappa shape index (κ1) is 11.9. The van der Waals surface area contributed by atoms with Gasteiger partial charge in [0, 0.05) is 13.2 Å². The Morgan fingerprint density at radius 2 is 2.12 bits per heavy atom. The van der Waals surface area contributed by atoms with Crippen LogP contribution >= 0.6 is 0 Å². The van der Waals surface area contributed by atoms with Crippen LogP contribution in [0.15, 0.2) is 0 Å². The molecule has 0 aromatic rings. The summed E-state index contributed by atoms with van der Waals surface area (Å²) in [5, 5.41) is 3.23. The molecule has 2 aliphatic carbocycles. The Bertz CT molecular complexity index is 236. The molecular weight excluding hydrogens is 206 g/mol. The minimum absolute atomic E-state index is 0.116. The van der Waals surface area contributed by atoms with E-state index in [2.05, 4.69) is 5.32 Å². The van der Waals surface area contributed by atoms with Crippen molar-refractivity contribution in [1.82, 2.24) is 5.32 Å². The average Bonchev–Trinajstić information content (AvgIpc) is 3.15. The lowest BCUT2D eigenvalue weighted by atomic mass is 10.2. The van der Waals surface area contributed by atoms with Gasteiger partial charge in [-0.25, -0.2) is 0 Å². The minimum atomic E-state index is -0.135. The highest BCUT2D eigenvalue weighted by Gasteiger charge is 2.36. The van der Waals surface area contributed by atoms with Crippen molar-refractivity contribution >= 4 is 5.97 Å². The SMILES string of the molecule is COC(=O)C(NCCOCC1CC1)C1CC1. The molecule has 2 fully saturated rings. The third-order valence-corrected chi connectivity index (χ3v) is 3.21. The lowest BCUT2D eigenvalue weighted by Crippen LogP contribution is -2.41. The summed E-state index contributed by atoms with van der Waals surface area (Å²) in [7, 11) is 1.45. The molecule has 4 heteroatoms. The predicted octanol–water partition coefficient (Wildman–Crippen LogP) is 0.954. The molecule has 16 heavy (non-hydrogen) atoms. The zero-order chi connectivity index (χ0) is 11.4. The lowest BCUT2D eigenvalue weighted by Gasteiger charge is -2.15. The normalized spacial score (nSPS) is 21.8. The van der Waals surface area contributed by atoms with Gasteiger partial charge in [0.05, 0.1) is 13.7 Å². The van der Waals surface area contributed by atoms with Crippen LogP contribution in [0.2, 0.25) is 0 Å². The first-order valence-electron chi connectivity index (χ1n) is 6.20. The van der Waals surface area contributed by atoms with Crippen LogP contribution in [0.4, 0.5) is 0 Å². The molecule has 4 nitrogen and oxygen atoms in total. The Labute approximate surface area is 96.7 Å². The second kappa shape index (κ2) is 5.64. The van der Waals surface area contributed by atoms with Crippen molar-refractivity contribution in [2.45, 2.75) is 31.7 Å². The highest BCUT2D eigenvalue weighted by atomic mass is 16.5. The van der Waals surface area contributed by atoms with Crippen molar-refractivity contribution in [3.8, 4) is 0 Å². The molecule has 0 saturated heterocycles. The average molecular weight is 227 g/mol. The number of methoxy groups -OCH3 is 1. The number of carbonyl (C=O) groups is 1. The fourth-order valence-electron chi connectivity index (χ4n) is 1.82. The van der Waals surface area contributed by atoms with Crippen LogP contribution in [-0.2, 0) is 14.3 Å². The van der Waals surface area contributed by atoms with Crippen LogP contribution in [0.25, 0.3) is 0 Å². The Kier molecular flexibility index (Phi) is 4.18. The number of hydrogen-bond donors (Lipinski definition) is 1. The molecule has 92 valence electrons. The van der Waals surface area contributed by atoms with Crippen molar-refractivity contribution in [2.24, 2.45) is 11.8 Å². The molecule has 1 atom stereocenters. The Balaban J connectivity index is 1.55. The van der Waals surface area contributed by atoms with Crippen LogP contribution in [0.3, 0.4) is 0 Å². The van der Waals surface area contributed by atoms with E-state index in [0.29, 0.717) is 12.5 Å². The molecule has 2 aliphatic rings. The minimum Gasteiger partial charge on any atom is -0.468 e. The predicted molar refractivity (Wildman–Crippen MR) is 60.1 cm³/mol. The van der Waals surface area contributed by atoms with Gasteiger partial charge in [-0.05, 0) is 37.5 Å². The number of esters is 1. The lowest BCUT2D eigenvalue weighted by molar-refractivity contribution is -0.143. The molecule has 2 saturated carbocycles. The smallest absolute Gasteiger partial charge is 0.323 e. The molecule has 1 unspecified atom stereocenters. The Hall–Kier alpha value is -0.610.